The van der Waals surface area contributed by atoms with E-state index in [4.69, 9.17) is 23.2 Å². The van der Waals surface area contributed by atoms with Gasteiger partial charge in [0.1, 0.15) is 0 Å². The number of carbonyl (C=O) groups excluding carboxylic acids is 1. The molecular formula is C18H18BrCl2N3O. The van der Waals surface area contributed by atoms with E-state index in [-0.39, 0.29) is 5.91 Å². The van der Waals surface area contributed by atoms with Gasteiger partial charge in [0.05, 0.1) is 21.3 Å². The van der Waals surface area contributed by atoms with E-state index in [0.717, 1.165) is 36.3 Å². The van der Waals surface area contributed by atoms with Crippen LogP contribution in [0.25, 0.3) is 0 Å². The smallest absolute Gasteiger partial charge is 0.257 e. The summed E-state index contributed by atoms with van der Waals surface area (Å²) in [4.78, 5) is 17.0. The largest absolute Gasteiger partial charge is 0.368 e. The van der Waals surface area contributed by atoms with Crippen LogP contribution in [0.15, 0.2) is 40.9 Å². The van der Waals surface area contributed by atoms with E-state index in [1.165, 1.54) is 0 Å². The van der Waals surface area contributed by atoms with Crippen LogP contribution < -0.4 is 10.2 Å². The van der Waals surface area contributed by atoms with Gasteiger partial charge in [-0.25, -0.2) is 0 Å². The summed E-state index contributed by atoms with van der Waals surface area (Å²) in [6.07, 6.45) is 0. The third kappa shape index (κ3) is 4.47. The zero-order valence-electron chi connectivity index (χ0n) is 13.7. The molecule has 2 aromatic carbocycles. The SMILES string of the molecule is CN1CCN(c2ccc(NC(=O)c3cc(Br)ccc3Cl)cc2Cl)CC1. The molecule has 1 amide bonds. The maximum Gasteiger partial charge on any atom is 0.257 e. The Balaban J connectivity index is 1.74. The second-order valence-electron chi connectivity index (χ2n) is 6.03. The number of likely N-dealkylation sites (N-methyl/N-ethyl adjacent to an activating group) is 1. The molecule has 3 rings (SSSR count). The van der Waals surface area contributed by atoms with E-state index in [9.17, 15) is 4.79 Å². The molecule has 1 aliphatic heterocycles. The summed E-state index contributed by atoms with van der Waals surface area (Å²) in [6, 6.07) is 10.8. The Bertz CT molecular complexity index is 792. The summed E-state index contributed by atoms with van der Waals surface area (Å²) in [5.74, 6) is -0.269. The van der Waals surface area contributed by atoms with E-state index in [1.54, 1.807) is 24.3 Å². The fourth-order valence-electron chi connectivity index (χ4n) is 2.76. The van der Waals surface area contributed by atoms with Gasteiger partial charge in [-0.2, -0.15) is 0 Å². The summed E-state index contributed by atoms with van der Waals surface area (Å²) in [6.45, 7) is 3.90. The molecule has 0 aliphatic carbocycles. The number of anilines is 2. The molecular weight excluding hydrogens is 425 g/mol. The van der Waals surface area contributed by atoms with Crippen LogP contribution in [0.5, 0.6) is 0 Å². The number of hydrogen-bond acceptors (Lipinski definition) is 3. The fraction of sp³-hybridized carbons (Fsp3) is 0.278. The number of piperazine rings is 1. The number of hydrogen-bond donors (Lipinski definition) is 1. The molecule has 0 unspecified atom stereocenters. The highest BCUT2D eigenvalue weighted by Crippen LogP contribution is 2.30. The molecule has 1 aliphatic rings. The van der Waals surface area contributed by atoms with Gasteiger partial charge in [0.25, 0.3) is 5.91 Å². The second kappa shape index (κ2) is 7.96. The van der Waals surface area contributed by atoms with Crippen molar-refractivity contribution in [3.8, 4) is 0 Å². The number of halogens is 3. The normalized spacial score (nSPS) is 15.3. The molecule has 1 fully saturated rings. The van der Waals surface area contributed by atoms with Crippen LogP contribution in [-0.4, -0.2) is 44.0 Å². The Hall–Kier alpha value is -1.27. The van der Waals surface area contributed by atoms with Crippen molar-refractivity contribution >= 4 is 56.4 Å². The second-order valence-corrected chi connectivity index (χ2v) is 7.76. The zero-order valence-corrected chi connectivity index (χ0v) is 16.8. The number of carbonyl (C=O) groups is 1. The quantitative estimate of drug-likeness (QED) is 0.744. The Morgan fingerprint density at radius 2 is 1.76 bits per heavy atom. The molecule has 1 N–H and O–H groups in total. The van der Waals surface area contributed by atoms with Gasteiger partial charge in [0.15, 0.2) is 0 Å². The third-order valence-corrected chi connectivity index (χ3v) is 5.35. The first-order valence-electron chi connectivity index (χ1n) is 7.93. The van der Waals surface area contributed by atoms with Crippen molar-refractivity contribution in [2.24, 2.45) is 0 Å². The van der Waals surface area contributed by atoms with Gasteiger partial charge in [-0.05, 0) is 43.4 Å². The standard InChI is InChI=1S/C18H18BrCl2N3O/c1-23-6-8-24(9-7-23)17-5-3-13(11-16(17)21)22-18(25)14-10-12(19)2-4-15(14)20/h2-5,10-11H,6-9H2,1H3,(H,22,25). The van der Waals surface area contributed by atoms with Gasteiger partial charge < -0.3 is 15.1 Å². The molecule has 0 aromatic heterocycles. The van der Waals surface area contributed by atoms with Crippen molar-refractivity contribution in [2.75, 3.05) is 43.4 Å². The predicted molar refractivity (Wildman–Crippen MR) is 108 cm³/mol. The van der Waals surface area contributed by atoms with E-state index < -0.39 is 0 Å². The summed E-state index contributed by atoms with van der Waals surface area (Å²) >= 11 is 15.9. The molecule has 1 saturated heterocycles. The summed E-state index contributed by atoms with van der Waals surface area (Å²) in [7, 11) is 2.12. The molecule has 0 bridgehead atoms. The lowest BCUT2D eigenvalue weighted by Gasteiger charge is -2.34. The Kier molecular flexibility index (Phi) is 5.89. The van der Waals surface area contributed by atoms with Crippen molar-refractivity contribution < 1.29 is 4.79 Å². The molecule has 7 heteroatoms. The highest BCUT2D eigenvalue weighted by atomic mass is 79.9. The van der Waals surface area contributed by atoms with Gasteiger partial charge in [-0.1, -0.05) is 39.1 Å². The first-order valence-corrected chi connectivity index (χ1v) is 9.48. The molecule has 2 aromatic rings. The van der Waals surface area contributed by atoms with Crippen LogP contribution in [0.3, 0.4) is 0 Å². The summed E-state index contributed by atoms with van der Waals surface area (Å²) < 4.78 is 0.797. The summed E-state index contributed by atoms with van der Waals surface area (Å²) in [5, 5.41) is 3.88. The minimum atomic E-state index is -0.269. The lowest BCUT2D eigenvalue weighted by atomic mass is 10.2. The van der Waals surface area contributed by atoms with Crippen LogP contribution in [0.1, 0.15) is 10.4 Å². The molecule has 0 spiro atoms. The monoisotopic (exact) mass is 441 g/mol. The fourth-order valence-corrected chi connectivity index (χ4v) is 3.62. The minimum Gasteiger partial charge on any atom is -0.368 e. The molecule has 25 heavy (non-hydrogen) atoms. The van der Waals surface area contributed by atoms with E-state index in [0.29, 0.717) is 21.3 Å². The Labute approximate surface area is 165 Å². The van der Waals surface area contributed by atoms with Gasteiger partial charge in [-0.15, -0.1) is 0 Å². The molecule has 0 atom stereocenters. The van der Waals surface area contributed by atoms with Gasteiger partial charge in [0, 0.05) is 36.3 Å². The number of nitrogens with zero attached hydrogens (tertiary/aromatic N) is 2. The van der Waals surface area contributed by atoms with E-state index in [2.05, 4.69) is 38.1 Å². The molecule has 132 valence electrons. The third-order valence-electron chi connectivity index (χ3n) is 4.22. The van der Waals surface area contributed by atoms with Crippen molar-refractivity contribution in [1.82, 2.24) is 4.90 Å². The van der Waals surface area contributed by atoms with Gasteiger partial charge >= 0.3 is 0 Å². The molecule has 0 saturated carbocycles. The molecule has 0 radical (unpaired) electrons. The molecule has 1 heterocycles. The van der Waals surface area contributed by atoms with Gasteiger partial charge in [-0.3, -0.25) is 4.79 Å². The van der Waals surface area contributed by atoms with Gasteiger partial charge in [0.2, 0.25) is 0 Å². The first kappa shape index (κ1) is 18.5. The lowest BCUT2D eigenvalue weighted by Crippen LogP contribution is -2.44. The molecule has 4 nitrogen and oxygen atoms in total. The number of nitrogens with one attached hydrogen (secondary N) is 1. The maximum atomic E-state index is 12.4. The van der Waals surface area contributed by atoms with Crippen LogP contribution in [0.2, 0.25) is 10.0 Å². The van der Waals surface area contributed by atoms with Crippen LogP contribution in [0, 0.1) is 0 Å². The number of benzene rings is 2. The Morgan fingerprint density at radius 1 is 1.04 bits per heavy atom. The predicted octanol–water partition coefficient (Wildman–Crippen LogP) is 4.76. The van der Waals surface area contributed by atoms with E-state index in [1.807, 2.05) is 12.1 Å². The van der Waals surface area contributed by atoms with Crippen LogP contribution in [-0.2, 0) is 0 Å². The average Bonchev–Trinajstić information content (AvgIpc) is 2.58. The van der Waals surface area contributed by atoms with Crippen molar-refractivity contribution in [3.05, 3.63) is 56.5 Å². The highest BCUT2D eigenvalue weighted by Gasteiger charge is 2.17. The number of amides is 1. The van der Waals surface area contributed by atoms with E-state index >= 15 is 0 Å². The topological polar surface area (TPSA) is 35.6 Å². The number of rotatable bonds is 3. The zero-order chi connectivity index (χ0) is 18.0. The minimum absolute atomic E-state index is 0.269. The first-order chi connectivity index (χ1) is 11.9. The van der Waals surface area contributed by atoms with Crippen LogP contribution >= 0.6 is 39.1 Å². The van der Waals surface area contributed by atoms with Crippen molar-refractivity contribution in [3.63, 3.8) is 0 Å². The Morgan fingerprint density at radius 3 is 2.44 bits per heavy atom. The lowest BCUT2D eigenvalue weighted by molar-refractivity contribution is 0.102. The average molecular weight is 443 g/mol. The maximum absolute atomic E-state index is 12.4. The highest BCUT2D eigenvalue weighted by molar-refractivity contribution is 9.10. The van der Waals surface area contributed by atoms with Crippen LogP contribution in [0.4, 0.5) is 11.4 Å². The van der Waals surface area contributed by atoms with Crippen molar-refractivity contribution in [1.29, 1.82) is 0 Å². The summed E-state index contributed by atoms with van der Waals surface area (Å²) in [5.41, 5.74) is 2.05. The van der Waals surface area contributed by atoms with Crippen molar-refractivity contribution in [2.45, 2.75) is 0 Å².